The van der Waals surface area contributed by atoms with Gasteiger partial charge in [-0.1, -0.05) is 0 Å². The summed E-state index contributed by atoms with van der Waals surface area (Å²) >= 11 is 0. The summed E-state index contributed by atoms with van der Waals surface area (Å²) < 4.78 is 7.18. The second kappa shape index (κ2) is 5.83. The van der Waals surface area contributed by atoms with E-state index < -0.39 is 12.1 Å². The second-order valence-electron chi connectivity index (χ2n) is 4.85. The Morgan fingerprint density at radius 2 is 1.90 bits per heavy atom. The van der Waals surface area contributed by atoms with Crippen molar-refractivity contribution in [3.8, 4) is 11.4 Å². The van der Waals surface area contributed by atoms with Crippen LogP contribution in [0.2, 0.25) is 0 Å². The van der Waals surface area contributed by atoms with Gasteiger partial charge in [-0.3, -0.25) is 4.79 Å². The summed E-state index contributed by atoms with van der Waals surface area (Å²) in [6, 6.07) is 8.82. The number of hydrogen-bond donors (Lipinski definition) is 0. The monoisotopic (exact) mass is 286 g/mol. The summed E-state index contributed by atoms with van der Waals surface area (Å²) in [6.07, 6.45) is -0.176. The number of hydrogen-bond acceptors (Lipinski definition) is 4. The van der Waals surface area contributed by atoms with Gasteiger partial charge in [-0.05, 0) is 51.1 Å². The van der Waals surface area contributed by atoms with Crippen LogP contribution in [0.15, 0.2) is 30.3 Å². The Hall–Kier alpha value is -2.56. The van der Waals surface area contributed by atoms with E-state index in [4.69, 9.17) is 4.74 Å². The number of rotatable bonds is 5. The molecule has 1 aromatic carbocycles. The lowest BCUT2D eigenvalue weighted by Gasteiger charge is -2.16. The molecule has 5 heteroatoms. The molecule has 1 heterocycles. The highest BCUT2D eigenvalue weighted by Gasteiger charge is 2.10. The molecule has 0 bridgehead atoms. The van der Waals surface area contributed by atoms with E-state index >= 15 is 0 Å². The van der Waals surface area contributed by atoms with Crippen LogP contribution in [0.5, 0.6) is 5.75 Å². The van der Waals surface area contributed by atoms with E-state index in [2.05, 4.69) is 0 Å². The molecule has 0 saturated heterocycles. The van der Waals surface area contributed by atoms with Crippen molar-refractivity contribution in [2.75, 3.05) is 0 Å². The van der Waals surface area contributed by atoms with E-state index in [-0.39, 0.29) is 0 Å². The Morgan fingerprint density at radius 1 is 1.29 bits per heavy atom. The molecule has 0 aliphatic carbocycles. The molecule has 0 radical (unpaired) electrons. The van der Waals surface area contributed by atoms with Gasteiger partial charge in [-0.15, -0.1) is 0 Å². The van der Waals surface area contributed by atoms with Crippen molar-refractivity contribution >= 4 is 12.3 Å². The van der Waals surface area contributed by atoms with E-state index in [1.807, 2.05) is 36.6 Å². The summed E-state index contributed by atoms with van der Waals surface area (Å²) in [7, 11) is 0. The third-order valence-electron chi connectivity index (χ3n) is 3.34. The van der Waals surface area contributed by atoms with Crippen LogP contribution in [-0.2, 0) is 4.79 Å². The lowest BCUT2D eigenvalue weighted by Crippen LogP contribution is -2.37. The highest BCUT2D eigenvalue weighted by Crippen LogP contribution is 2.22. The van der Waals surface area contributed by atoms with Crippen LogP contribution in [0.1, 0.15) is 28.7 Å². The zero-order chi connectivity index (χ0) is 15.6. The topological polar surface area (TPSA) is 71.4 Å². The first-order valence-corrected chi connectivity index (χ1v) is 6.56. The predicted octanol–water partition coefficient (Wildman–Crippen LogP) is 1.42. The maximum Gasteiger partial charge on any atom is 0.151 e. The number of carboxylic acid groups (broad SMARTS) is 1. The van der Waals surface area contributed by atoms with Crippen molar-refractivity contribution in [3.05, 3.63) is 47.3 Å². The molecule has 1 aromatic heterocycles. The quantitative estimate of drug-likeness (QED) is 0.779. The second-order valence-corrected chi connectivity index (χ2v) is 4.85. The van der Waals surface area contributed by atoms with E-state index in [0.717, 1.165) is 23.4 Å². The van der Waals surface area contributed by atoms with Crippen LogP contribution in [-0.4, -0.2) is 22.9 Å². The average molecular weight is 286 g/mol. The summed E-state index contributed by atoms with van der Waals surface area (Å²) in [6.45, 7) is 5.21. The molecule has 0 aliphatic rings. The number of ether oxygens (including phenoxy) is 1. The molecule has 0 N–H and O–H groups in total. The van der Waals surface area contributed by atoms with E-state index in [1.165, 1.54) is 6.92 Å². The first-order valence-electron chi connectivity index (χ1n) is 6.56. The van der Waals surface area contributed by atoms with Gasteiger partial charge >= 0.3 is 0 Å². The van der Waals surface area contributed by atoms with Crippen LogP contribution in [0.4, 0.5) is 0 Å². The van der Waals surface area contributed by atoms with Crippen LogP contribution < -0.4 is 9.84 Å². The molecule has 0 saturated carbocycles. The van der Waals surface area contributed by atoms with Crippen molar-refractivity contribution in [2.24, 2.45) is 0 Å². The molecule has 0 spiro atoms. The Bertz CT molecular complexity index is 670. The van der Waals surface area contributed by atoms with Crippen LogP contribution in [0.25, 0.3) is 5.69 Å². The number of benzene rings is 1. The third kappa shape index (κ3) is 2.97. The molecular weight excluding hydrogens is 270 g/mol. The van der Waals surface area contributed by atoms with Crippen molar-refractivity contribution in [1.29, 1.82) is 0 Å². The maximum atomic E-state index is 11.0. The van der Waals surface area contributed by atoms with Gasteiger partial charge in [-0.25, -0.2) is 0 Å². The minimum absolute atomic E-state index is 0.452. The summed E-state index contributed by atoms with van der Waals surface area (Å²) in [5.74, 6) is -0.805. The summed E-state index contributed by atoms with van der Waals surface area (Å²) in [4.78, 5) is 21.6. The average Bonchev–Trinajstić information content (AvgIpc) is 2.74. The highest BCUT2D eigenvalue weighted by atomic mass is 16.5. The fraction of sp³-hybridized carbons (Fsp3) is 0.250. The predicted molar refractivity (Wildman–Crippen MR) is 75.7 cm³/mol. The molecule has 0 aliphatic heterocycles. The minimum atomic E-state index is -1.26. The van der Waals surface area contributed by atoms with Gasteiger partial charge in [0, 0.05) is 22.6 Å². The number of carboxylic acids is 1. The molecule has 2 rings (SSSR count). The maximum absolute atomic E-state index is 11.0. The highest BCUT2D eigenvalue weighted by molar-refractivity contribution is 5.77. The van der Waals surface area contributed by atoms with Crippen molar-refractivity contribution in [3.63, 3.8) is 0 Å². The lowest BCUT2D eigenvalue weighted by molar-refractivity contribution is -0.312. The first-order chi connectivity index (χ1) is 9.93. The number of carbonyl (C=O) groups is 2. The molecule has 1 atom stereocenters. The molecule has 2 aromatic rings. The number of aryl methyl sites for hydroxylation is 1. The number of nitrogens with zero attached hydrogens (tertiary/aromatic N) is 1. The van der Waals surface area contributed by atoms with E-state index in [1.54, 1.807) is 12.1 Å². The fourth-order valence-corrected chi connectivity index (χ4v) is 2.23. The van der Waals surface area contributed by atoms with Gasteiger partial charge in [0.1, 0.15) is 11.9 Å². The van der Waals surface area contributed by atoms with Crippen molar-refractivity contribution in [1.82, 2.24) is 4.57 Å². The van der Waals surface area contributed by atoms with Crippen LogP contribution in [0, 0.1) is 13.8 Å². The normalized spacial score (nSPS) is 12.0. The van der Waals surface area contributed by atoms with Gasteiger partial charge in [0.2, 0.25) is 0 Å². The van der Waals surface area contributed by atoms with Gasteiger partial charge in [-0.2, -0.15) is 0 Å². The molecule has 0 unspecified atom stereocenters. The molecule has 0 amide bonds. The van der Waals surface area contributed by atoms with E-state index in [0.29, 0.717) is 11.3 Å². The molecule has 21 heavy (non-hydrogen) atoms. The third-order valence-corrected chi connectivity index (χ3v) is 3.34. The van der Waals surface area contributed by atoms with Gasteiger partial charge in [0.05, 0.1) is 5.97 Å². The Kier molecular flexibility index (Phi) is 4.12. The Morgan fingerprint density at radius 3 is 2.38 bits per heavy atom. The minimum Gasteiger partial charge on any atom is -0.546 e. The fourth-order valence-electron chi connectivity index (χ4n) is 2.23. The van der Waals surface area contributed by atoms with Crippen molar-refractivity contribution < 1.29 is 19.4 Å². The standard InChI is InChI=1S/C16H17NO4/c1-10-8-13(9-18)11(2)17(10)14-4-6-15(7-5-14)21-12(3)16(19)20/h4-9,12H,1-3H3,(H,19,20)/p-1/t12-/m0/s1. The Labute approximate surface area is 122 Å². The van der Waals surface area contributed by atoms with Crippen LogP contribution >= 0.6 is 0 Å². The zero-order valence-corrected chi connectivity index (χ0v) is 12.1. The molecular formula is C16H16NO4-. The van der Waals surface area contributed by atoms with E-state index in [9.17, 15) is 14.7 Å². The number of aldehydes is 1. The van der Waals surface area contributed by atoms with Gasteiger partial charge in [0.25, 0.3) is 0 Å². The Balaban J connectivity index is 2.29. The smallest absolute Gasteiger partial charge is 0.151 e. The first kappa shape index (κ1) is 14.8. The number of carbonyl (C=O) groups excluding carboxylic acids is 2. The van der Waals surface area contributed by atoms with Crippen molar-refractivity contribution in [2.45, 2.75) is 26.9 Å². The lowest BCUT2D eigenvalue weighted by atomic mass is 10.2. The van der Waals surface area contributed by atoms with Crippen LogP contribution in [0.3, 0.4) is 0 Å². The number of aromatic nitrogens is 1. The number of aliphatic carboxylic acids is 1. The largest absolute Gasteiger partial charge is 0.546 e. The van der Waals surface area contributed by atoms with Gasteiger partial charge in [0.15, 0.2) is 6.29 Å². The summed E-state index contributed by atoms with van der Waals surface area (Å²) in [5, 5.41) is 10.6. The van der Waals surface area contributed by atoms with Gasteiger partial charge < -0.3 is 19.2 Å². The zero-order valence-electron chi connectivity index (χ0n) is 12.1. The SMILES string of the molecule is Cc1cc(C=O)c(C)n1-c1ccc(O[C@@H](C)C(=O)[O-])cc1. The molecule has 5 nitrogen and oxygen atoms in total. The summed E-state index contributed by atoms with van der Waals surface area (Å²) in [5.41, 5.74) is 3.34. The molecule has 110 valence electrons. The molecule has 0 fully saturated rings.